The molecule has 1 N–H and O–H groups in total. The summed E-state index contributed by atoms with van der Waals surface area (Å²) in [5.74, 6) is 6.88. The lowest BCUT2D eigenvalue weighted by Gasteiger charge is -2.04. The Balaban J connectivity index is 1.86. The van der Waals surface area contributed by atoms with Crippen LogP contribution in [0.4, 0.5) is 0 Å². The van der Waals surface area contributed by atoms with E-state index in [1.807, 2.05) is 18.7 Å². The first-order chi connectivity index (χ1) is 7.88. The van der Waals surface area contributed by atoms with Crippen LogP contribution in [0.1, 0.15) is 25.3 Å². The molecule has 0 heterocycles. The van der Waals surface area contributed by atoms with Crippen LogP contribution in [0.25, 0.3) is 0 Å². The van der Waals surface area contributed by atoms with E-state index in [1.165, 1.54) is 23.3 Å². The minimum atomic E-state index is 0.780. The van der Waals surface area contributed by atoms with E-state index in [0.717, 1.165) is 18.3 Å². The van der Waals surface area contributed by atoms with E-state index in [4.69, 9.17) is 0 Å². The van der Waals surface area contributed by atoms with E-state index in [1.54, 1.807) is 0 Å². The summed E-state index contributed by atoms with van der Waals surface area (Å²) >= 11 is 1.81. The van der Waals surface area contributed by atoms with Crippen molar-refractivity contribution in [1.29, 1.82) is 0 Å². The van der Waals surface area contributed by atoms with Crippen molar-refractivity contribution in [2.75, 3.05) is 5.75 Å². The van der Waals surface area contributed by atoms with Gasteiger partial charge in [-0.05, 0) is 37.5 Å². The predicted octanol–water partition coefficient (Wildman–Crippen LogP) is 3.05. The second-order valence-electron chi connectivity index (χ2n) is 4.02. The minimum absolute atomic E-state index is 0.780. The van der Waals surface area contributed by atoms with Gasteiger partial charge in [0.15, 0.2) is 0 Å². The Morgan fingerprint density at radius 3 is 3.06 bits per heavy atom. The highest BCUT2D eigenvalue weighted by atomic mass is 32.2. The molecule has 0 aliphatic heterocycles. The van der Waals surface area contributed by atoms with Crippen molar-refractivity contribution in [1.82, 2.24) is 5.32 Å². The molecule has 84 valence electrons. The third-order valence-corrected chi connectivity index (χ3v) is 3.43. The first-order valence-electron chi connectivity index (χ1n) is 5.73. The maximum Gasteiger partial charge on any atom is 0.0594 e. The average Bonchev–Trinajstić information content (AvgIpc) is 3.11. The number of nitrogens with one attached hydrogen (secondary N) is 1. The summed E-state index contributed by atoms with van der Waals surface area (Å²) < 4.78 is 0. The average molecular weight is 231 g/mol. The van der Waals surface area contributed by atoms with Gasteiger partial charge in [-0.3, -0.25) is 0 Å². The molecule has 0 radical (unpaired) electrons. The molecule has 1 aliphatic rings. The lowest BCUT2D eigenvalue weighted by molar-refractivity contribution is 0.687. The van der Waals surface area contributed by atoms with Crippen LogP contribution >= 0.6 is 11.8 Å². The molecule has 0 aromatic heterocycles. The Morgan fingerprint density at radius 1 is 1.44 bits per heavy atom. The molecule has 0 saturated heterocycles. The molecular weight excluding hydrogens is 214 g/mol. The quantitative estimate of drug-likeness (QED) is 0.617. The minimum Gasteiger partial charge on any atom is -0.310 e. The zero-order valence-electron chi connectivity index (χ0n) is 9.62. The van der Waals surface area contributed by atoms with Gasteiger partial charge >= 0.3 is 0 Å². The second kappa shape index (κ2) is 5.98. The van der Waals surface area contributed by atoms with Gasteiger partial charge in [0.05, 0.1) is 5.75 Å². The topological polar surface area (TPSA) is 12.0 Å². The summed E-state index contributed by atoms with van der Waals surface area (Å²) in [5.41, 5.74) is 1.38. The van der Waals surface area contributed by atoms with Crippen LogP contribution in [0.5, 0.6) is 0 Å². The first-order valence-corrected chi connectivity index (χ1v) is 6.72. The van der Waals surface area contributed by atoms with Crippen molar-refractivity contribution in [3.63, 3.8) is 0 Å². The smallest absolute Gasteiger partial charge is 0.0594 e. The Kier molecular flexibility index (Phi) is 4.33. The molecule has 0 spiro atoms. The van der Waals surface area contributed by atoms with Crippen LogP contribution in [-0.2, 0) is 6.54 Å². The first kappa shape index (κ1) is 11.6. The highest BCUT2D eigenvalue weighted by molar-refractivity contribution is 7.99. The van der Waals surface area contributed by atoms with Gasteiger partial charge in [0.2, 0.25) is 0 Å². The maximum absolute atomic E-state index is 3.53. The number of hydrogen-bond acceptors (Lipinski definition) is 2. The van der Waals surface area contributed by atoms with Crippen LogP contribution in [0.3, 0.4) is 0 Å². The largest absolute Gasteiger partial charge is 0.310 e. The molecule has 2 heteroatoms. The molecule has 1 aromatic rings. The number of thioether (sulfide) groups is 1. The molecule has 1 aliphatic carbocycles. The molecule has 16 heavy (non-hydrogen) atoms. The van der Waals surface area contributed by atoms with Crippen molar-refractivity contribution in [2.45, 2.75) is 37.2 Å². The highest BCUT2D eigenvalue weighted by Gasteiger charge is 2.19. The number of benzene rings is 1. The summed E-state index contributed by atoms with van der Waals surface area (Å²) in [6.45, 7) is 2.88. The summed E-state index contributed by atoms with van der Waals surface area (Å²) in [4.78, 5) is 1.32. The molecule has 0 unspecified atom stereocenters. The fourth-order valence-electron chi connectivity index (χ4n) is 1.49. The summed E-state index contributed by atoms with van der Waals surface area (Å²) in [6.07, 6.45) is 2.70. The van der Waals surface area contributed by atoms with Gasteiger partial charge in [0.1, 0.15) is 0 Å². The molecule has 1 nitrogen and oxygen atoms in total. The molecule has 1 fully saturated rings. The summed E-state index contributed by atoms with van der Waals surface area (Å²) in [7, 11) is 0. The van der Waals surface area contributed by atoms with Crippen molar-refractivity contribution in [2.24, 2.45) is 0 Å². The Morgan fingerprint density at radius 2 is 2.31 bits per heavy atom. The highest BCUT2D eigenvalue weighted by Crippen LogP contribution is 2.21. The van der Waals surface area contributed by atoms with Crippen LogP contribution in [-0.4, -0.2) is 11.8 Å². The Hall–Kier alpha value is -0.910. The summed E-state index contributed by atoms with van der Waals surface area (Å²) in [5, 5.41) is 3.53. The summed E-state index contributed by atoms with van der Waals surface area (Å²) in [6, 6.07) is 9.51. The van der Waals surface area contributed by atoms with Crippen molar-refractivity contribution in [3.05, 3.63) is 29.8 Å². The Bertz CT molecular complexity index is 399. The van der Waals surface area contributed by atoms with Gasteiger partial charge in [-0.2, -0.15) is 0 Å². The lowest BCUT2D eigenvalue weighted by Crippen LogP contribution is -2.15. The number of hydrogen-bond donors (Lipinski definition) is 1. The van der Waals surface area contributed by atoms with Crippen LogP contribution in [0.2, 0.25) is 0 Å². The predicted molar refractivity (Wildman–Crippen MR) is 70.5 cm³/mol. The van der Waals surface area contributed by atoms with Gasteiger partial charge in [0, 0.05) is 17.5 Å². The number of rotatable bonds is 5. The second-order valence-corrected chi connectivity index (χ2v) is 5.07. The zero-order valence-corrected chi connectivity index (χ0v) is 10.4. The Labute approximate surface area is 102 Å². The van der Waals surface area contributed by atoms with Gasteiger partial charge in [-0.1, -0.05) is 18.1 Å². The van der Waals surface area contributed by atoms with Gasteiger partial charge < -0.3 is 5.32 Å². The van der Waals surface area contributed by atoms with Gasteiger partial charge in [-0.15, -0.1) is 17.7 Å². The van der Waals surface area contributed by atoms with E-state index in [0.29, 0.717) is 0 Å². The third kappa shape index (κ3) is 3.92. The third-order valence-electron chi connectivity index (χ3n) is 2.56. The molecule has 0 bridgehead atoms. The zero-order chi connectivity index (χ0) is 11.2. The van der Waals surface area contributed by atoms with Crippen LogP contribution < -0.4 is 5.32 Å². The van der Waals surface area contributed by atoms with E-state index in [2.05, 4.69) is 41.4 Å². The van der Waals surface area contributed by atoms with E-state index in [9.17, 15) is 0 Å². The lowest BCUT2D eigenvalue weighted by atomic mass is 10.2. The SMILES string of the molecule is CC#CCSc1cccc(CNC2CC2)c1. The van der Waals surface area contributed by atoms with E-state index < -0.39 is 0 Å². The molecule has 0 amide bonds. The van der Waals surface area contributed by atoms with Gasteiger partial charge in [-0.25, -0.2) is 0 Å². The normalized spacial score (nSPS) is 14.3. The fraction of sp³-hybridized carbons (Fsp3) is 0.429. The molecule has 0 atom stereocenters. The monoisotopic (exact) mass is 231 g/mol. The van der Waals surface area contributed by atoms with E-state index >= 15 is 0 Å². The standard InChI is InChI=1S/C14H17NS/c1-2-3-9-16-14-6-4-5-12(10-14)11-15-13-7-8-13/h4-6,10,13,15H,7-9,11H2,1H3. The van der Waals surface area contributed by atoms with Gasteiger partial charge in [0.25, 0.3) is 0 Å². The van der Waals surface area contributed by atoms with Crippen molar-refractivity contribution in [3.8, 4) is 11.8 Å². The van der Waals surface area contributed by atoms with Crippen molar-refractivity contribution < 1.29 is 0 Å². The molecule has 1 saturated carbocycles. The maximum atomic E-state index is 3.53. The van der Waals surface area contributed by atoms with E-state index in [-0.39, 0.29) is 0 Å². The molecule has 1 aromatic carbocycles. The fourth-order valence-corrected chi connectivity index (χ4v) is 2.28. The molecular formula is C14H17NS. The molecule has 2 rings (SSSR count). The van der Waals surface area contributed by atoms with Crippen molar-refractivity contribution >= 4 is 11.8 Å². The van der Waals surface area contributed by atoms with Crippen LogP contribution in [0.15, 0.2) is 29.2 Å². The van der Waals surface area contributed by atoms with Crippen LogP contribution in [0, 0.1) is 11.8 Å².